The van der Waals surface area contributed by atoms with Crippen LogP contribution in [0.25, 0.3) is 0 Å². The molecule has 1 rings (SSSR count). The van der Waals surface area contributed by atoms with Crippen molar-refractivity contribution in [2.45, 2.75) is 46.2 Å². The highest BCUT2D eigenvalue weighted by Gasteiger charge is 2.07. The normalized spacial score (nSPS) is 12.1. The van der Waals surface area contributed by atoms with E-state index in [-0.39, 0.29) is 5.54 Å². The van der Waals surface area contributed by atoms with E-state index in [0.29, 0.717) is 0 Å². The molecule has 1 aromatic rings. The van der Waals surface area contributed by atoms with Gasteiger partial charge in [-0.3, -0.25) is 0 Å². The second-order valence-electron chi connectivity index (χ2n) is 6.26. The Morgan fingerprint density at radius 2 is 1.94 bits per heavy atom. The van der Waals surface area contributed by atoms with Gasteiger partial charge in [-0.25, -0.2) is 0 Å². The summed E-state index contributed by atoms with van der Waals surface area (Å²) in [4.78, 5) is 2.39. The van der Waals surface area contributed by atoms with Gasteiger partial charge in [-0.2, -0.15) is 0 Å². The van der Waals surface area contributed by atoms with Crippen LogP contribution in [0.2, 0.25) is 0 Å². The lowest BCUT2D eigenvalue weighted by atomic mass is 10.1. The number of hydrogen-bond acceptors (Lipinski definition) is 2. The van der Waals surface area contributed by atoms with Crippen molar-refractivity contribution in [2.75, 3.05) is 20.1 Å². The average molecular weight is 248 g/mol. The Labute approximate surface area is 112 Å². The highest BCUT2D eigenvalue weighted by Crippen LogP contribution is 2.07. The lowest BCUT2D eigenvalue weighted by Gasteiger charge is -2.22. The van der Waals surface area contributed by atoms with Crippen LogP contribution >= 0.6 is 0 Å². The minimum atomic E-state index is 0.231. The maximum atomic E-state index is 3.52. The van der Waals surface area contributed by atoms with Crippen molar-refractivity contribution in [3.05, 3.63) is 35.4 Å². The molecule has 0 aliphatic heterocycles. The molecule has 0 heterocycles. The molecule has 0 saturated carbocycles. The summed E-state index contributed by atoms with van der Waals surface area (Å²) in [5, 5.41) is 3.52. The molecule has 1 aromatic carbocycles. The van der Waals surface area contributed by atoms with Gasteiger partial charge in [-0.05, 0) is 59.8 Å². The van der Waals surface area contributed by atoms with E-state index >= 15 is 0 Å². The molecule has 0 aliphatic rings. The third-order valence-electron chi connectivity index (χ3n) is 2.91. The first-order chi connectivity index (χ1) is 8.37. The molecule has 2 heteroatoms. The summed E-state index contributed by atoms with van der Waals surface area (Å²) in [6, 6.07) is 8.76. The largest absolute Gasteiger partial charge is 0.312 e. The Kier molecular flexibility index (Phi) is 5.83. The van der Waals surface area contributed by atoms with Crippen molar-refractivity contribution in [2.24, 2.45) is 0 Å². The van der Waals surface area contributed by atoms with Crippen molar-refractivity contribution in [1.29, 1.82) is 0 Å². The summed E-state index contributed by atoms with van der Waals surface area (Å²) in [7, 11) is 2.19. The first kappa shape index (κ1) is 15.2. The van der Waals surface area contributed by atoms with Crippen LogP contribution in [0.15, 0.2) is 24.3 Å². The van der Waals surface area contributed by atoms with Gasteiger partial charge < -0.3 is 10.2 Å². The number of nitrogens with zero attached hydrogens (tertiary/aromatic N) is 1. The zero-order valence-electron chi connectivity index (χ0n) is 12.6. The first-order valence-electron chi connectivity index (χ1n) is 6.86. The van der Waals surface area contributed by atoms with Crippen molar-refractivity contribution >= 4 is 0 Å². The minimum Gasteiger partial charge on any atom is -0.312 e. The lowest BCUT2D eigenvalue weighted by Crippen LogP contribution is -2.37. The Balaban J connectivity index is 2.24. The number of rotatable bonds is 6. The predicted molar refractivity (Wildman–Crippen MR) is 79.9 cm³/mol. The molecular weight excluding hydrogens is 220 g/mol. The van der Waals surface area contributed by atoms with E-state index in [4.69, 9.17) is 0 Å². The summed E-state index contributed by atoms with van der Waals surface area (Å²) in [5.41, 5.74) is 2.98. The van der Waals surface area contributed by atoms with Gasteiger partial charge in [0.15, 0.2) is 0 Å². The van der Waals surface area contributed by atoms with Crippen LogP contribution in [0.3, 0.4) is 0 Å². The smallest absolute Gasteiger partial charge is 0.0230 e. The van der Waals surface area contributed by atoms with E-state index in [2.05, 4.69) is 69.2 Å². The zero-order valence-corrected chi connectivity index (χ0v) is 12.6. The van der Waals surface area contributed by atoms with Crippen molar-refractivity contribution < 1.29 is 0 Å². The second-order valence-corrected chi connectivity index (χ2v) is 6.26. The molecule has 0 spiro atoms. The van der Waals surface area contributed by atoms with Crippen LogP contribution in [0.5, 0.6) is 0 Å². The SMILES string of the molecule is Cc1cccc(CN(C)CCCNC(C)(C)C)c1. The highest BCUT2D eigenvalue weighted by molar-refractivity contribution is 5.21. The number of aryl methyl sites for hydroxylation is 1. The van der Waals surface area contributed by atoms with Gasteiger partial charge in [-0.15, -0.1) is 0 Å². The maximum absolute atomic E-state index is 3.52. The molecule has 0 aliphatic carbocycles. The monoisotopic (exact) mass is 248 g/mol. The summed E-state index contributed by atoms with van der Waals surface area (Å²) >= 11 is 0. The zero-order chi connectivity index (χ0) is 13.6. The molecule has 0 amide bonds. The van der Waals surface area contributed by atoms with Crippen LogP contribution in [0.1, 0.15) is 38.3 Å². The van der Waals surface area contributed by atoms with Gasteiger partial charge in [0, 0.05) is 12.1 Å². The average Bonchev–Trinajstić information content (AvgIpc) is 2.23. The molecule has 1 N–H and O–H groups in total. The van der Waals surface area contributed by atoms with Gasteiger partial charge in [0.1, 0.15) is 0 Å². The molecule has 18 heavy (non-hydrogen) atoms. The molecule has 102 valence electrons. The van der Waals surface area contributed by atoms with E-state index in [1.165, 1.54) is 17.5 Å². The van der Waals surface area contributed by atoms with E-state index < -0.39 is 0 Å². The fourth-order valence-electron chi connectivity index (χ4n) is 2.01. The molecule has 0 bridgehead atoms. The van der Waals surface area contributed by atoms with E-state index in [9.17, 15) is 0 Å². The quantitative estimate of drug-likeness (QED) is 0.778. The van der Waals surface area contributed by atoms with Gasteiger partial charge >= 0.3 is 0 Å². The molecule has 0 aromatic heterocycles. The Morgan fingerprint density at radius 1 is 1.22 bits per heavy atom. The summed E-state index contributed by atoms with van der Waals surface area (Å²) in [5.74, 6) is 0. The van der Waals surface area contributed by atoms with Crippen LogP contribution in [0.4, 0.5) is 0 Å². The third kappa shape index (κ3) is 6.77. The summed E-state index contributed by atoms with van der Waals surface area (Å²) in [6.07, 6.45) is 1.19. The lowest BCUT2D eigenvalue weighted by molar-refractivity contribution is 0.310. The van der Waals surface area contributed by atoms with E-state index in [1.54, 1.807) is 0 Å². The van der Waals surface area contributed by atoms with Gasteiger partial charge in [0.2, 0.25) is 0 Å². The van der Waals surface area contributed by atoms with E-state index in [0.717, 1.165) is 19.6 Å². The van der Waals surface area contributed by atoms with Crippen LogP contribution in [0, 0.1) is 6.92 Å². The molecule has 0 radical (unpaired) electrons. The summed E-state index contributed by atoms with van der Waals surface area (Å²) < 4.78 is 0. The number of benzene rings is 1. The van der Waals surface area contributed by atoms with E-state index in [1.807, 2.05) is 0 Å². The molecule has 0 fully saturated rings. The number of nitrogens with one attached hydrogen (secondary N) is 1. The molecule has 0 unspecified atom stereocenters. The topological polar surface area (TPSA) is 15.3 Å². The van der Waals surface area contributed by atoms with Crippen LogP contribution in [-0.4, -0.2) is 30.6 Å². The fourth-order valence-corrected chi connectivity index (χ4v) is 2.01. The second kappa shape index (κ2) is 6.91. The summed E-state index contributed by atoms with van der Waals surface area (Å²) in [6.45, 7) is 12.0. The van der Waals surface area contributed by atoms with Gasteiger partial charge in [-0.1, -0.05) is 29.8 Å². The van der Waals surface area contributed by atoms with Crippen LogP contribution < -0.4 is 5.32 Å². The first-order valence-corrected chi connectivity index (χ1v) is 6.86. The Hall–Kier alpha value is -0.860. The Morgan fingerprint density at radius 3 is 2.56 bits per heavy atom. The van der Waals surface area contributed by atoms with Gasteiger partial charge in [0.05, 0.1) is 0 Å². The predicted octanol–water partition coefficient (Wildman–Crippen LogP) is 3.21. The molecular formula is C16H28N2. The molecule has 0 atom stereocenters. The van der Waals surface area contributed by atoms with Gasteiger partial charge in [0.25, 0.3) is 0 Å². The van der Waals surface area contributed by atoms with Crippen molar-refractivity contribution in [3.8, 4) is 0 Å². The molecule has 0 saturated heterocycles. The highest BCUT2D eigenvalue weighted by atomic mass is 15.1. The Bertz CT molecular complexity index is 352. The third-order valence-corrected chi connectivity index (χ3v) is 2.91. The number of hydrogen-bond donors (Lipinski definition) is 1. The standard InChI is InChI=1S/C16H28N2/c1-14-8-6-9-15(12-14)13-18(5)11-7-10-17-16(2,3)4/h6,8-9,12,17H,7,10-11,13H2,1-5H3. The van der Waals surface area contributed by atoms with Crippen LogP contribution in [-0.2, 0) is 6.54 Å². The maximum Gasteiger partial charge on any atom is 0.0230 e. The van der Waals surface area contributed by atoms with Crippen molar-refractivity contribution in [3.63, 3.8) is 0 Å². The molecule has 2 nitrogen and oxygen atoms in total. The fraction of sp³-hybridized carbons (Fsp3) is 0.625. The van der Waals surface area contributed by atoms with Crippen molar-refractivity contribution in [1.82, 2.24) is 10.2 Å². The minimum absolute atomic E-state index is 0.231.